The highest BCUT2D eigenvalue weighted by Gasteiger charge is 2.21. The molecule has 8 nitrogen and oxygen atoms in total. The molecule has 2 aliphatic heterocycles. The van der Waals surface area contributed by atoms with E-state index in [-0.39, 0.29) is 17.6 Å². The Morgan fingerprint density at radius 1 is 1.31 bits per heavy atom. The first-order valence-electron chi connectivity index (χ1n) is 10.2. The van der Waals surface area contributed by atoms with E-state index in [4.69, 9.17) is 9.47 Å². The largest absolute Gasteiger partial charge is 0.488 e. The number of ether oxygens (including phenoxy) is 2. The van der Waals surface area contributed by atoms with Gasteiger partial charge in [-0.1, -0.05) is 12.1 Å². The predicted molar refractivity (Wildman–Crippen MR) is 114 cm³/mol. The summed E-state index contributed by atoms with van der Waals surface area (Å²) in [4.78, 5) is 6.44. The van der Waals surface area contributed by atoms with Crippen LogP contribution in [0.2, 0.25) is 0 Å². The van der Waals surface area contributed by atoms with Crippen LogP contribution in [0, 0.1) is 6.92 Å². The summed E-state index contributed by atoms with van der Waals surface area (Å²) in [6.07, 6.45) is 1.03. The lowest BCUT2D eigenvalue weighted by atomic mass is 10.1. The topological polar surface area (TPSA) is 92.3 Å². The van der Waals surface area contributed by atoms with Gasteiger partial charge in [0.25, 0.3) is 0 Å². The fourth-order valence-electron chi connectivity index (χ4n) is 3.41. The van der Waals surface area contributed by atoms with Crippen LogP contribution in [-0.2, 0) is 21.1 Å². The summed E-state index contributed by atoms with van der Waals surface area (Å²) in [7, 11) is -1.09. The van der Waals surface area contributed by atoms with Crippen LogP contribution in [0.5, 0.6) is 5.75 Å². The van der Waals surface area contributed by atoms with Crippen molar-refractivity contribution in [3.63, 3.8) is 0 Å². The molecule has 1 atom stereocenters. The van der Waals surface area contributed by atoms with Crippen molar-refractivity contribution >= 4 is 15.8 Å². The van der Waals surface area contributed by atoms with Gasteiger partial charge in [-0.3, -0.25) is 9.89 Å². The second-order valence-electron chi connectivity index (χ2n) is 7.56. The number of hydrogen-bond donors (Lipinski definition) is 2. The summed E-state index contributed by atoms with van der Waals surface area (Å²) in [5, 5.41) is 6.63. The third-order valence-electron chi connectivity index (χ3n) is 5.23. The number of nitrogens with one attached hydrogen (secondary N) is 2. The monoisotopic (exact) mass is 424 g/mol. The van der Waals surface area contributed by atoms with Gasteiger partial charge in [-0.05, 0) is 18.6 Å². The van der Waals surface area contributed by atoms with E-state index in [0.29, 0.717) is 38.7 Å². The van der Waals surface area contributed by atoms with Gasteiger partial charge in [0.2, 0.25) is 0 Å². The molecule has 3 rings (SSSR count). The predicted octanol–water partition coefficient (Wildman–Crippen LogP) is 0.558. The van der Waals surface area contributed by atoms with Crippen LogP contribution in [0.3, 0.4) is 0 Å². The molecule has 0 bridgehead atoms. The van der Waals surface area contributed by atoms with Gasteiger partial charge in [0.15, 0.2) is 15.8 Å². The summed E-state index contributed by atoms with van der Waals surface area (Å²) in [5.74, 6) is 2.10. The Morgan fingerprint density at radius 3 is 2.79 bits per heavy atom. The molecule has 2 saturated heterocycles. The van der Waals surface area contributed by atoms with Gasteiger partial charge in [-0.25, -0.2) is 8.42 Å². The quantitative estimate of drug-likeness (QED) is 0.488. The first-order chi connectivity index (χ1) is 13.9. The number of hydrogen-bond acceptors (Lipinski definition) is 6. The van der Waals surface area contributed by atoms with Crippen molar-refractivity contribution in [3.05, 3.63) is 29.3 Å². The van der Waals surface area contributed by atoms with Crippen LogP contribution >= 0.6 is 0 Å². The lowest BCUT2D eigenvalue weighted by molar-refractivity contribution is 0.140. The lowest BCUT2D eigenvalue weighted by Crippen LogP contribution is -2.45. The van der Waals surface area contributed by atoms with Crippen molar-refractivity contribution in [1.29, 1.82) is 0 Å². The summed E-state index contributed by atoms with van der Waals surface area (Å²) in [6.45, 7) is 6.75. The second-order valence-corrected chi connectivity index (χ2v) is 9.86. The molecule has 0 spiro atoms. The molecule has 162 valence electrons. The van der Waals surface area contributed by atoms with E-state index in [1.807, 2.05) is 0 Å². The molecule has 2 fully saturated rings. The number of benzene rings is 1. The van der Waals surface area contributed by atoms with Gasteiger partial charge in [-0.15, -0.1) is 0 Å². The Labute approximate surface area is 173 Å². The van der Waals surface area contributed by atoms with Crippen molar-refractivity contribution in [2.45, 2.75) is 26.0 Å². The molecule has 0 aromatic heterocycles. The third kappa shape index (κ3) is 6.87. The van der Waals surface area contributed by atoms with E-state index in [9.17, 15) is 8.42 Å². The highest BCUT2D eigenvalue weighted by atomic mass is 32.2. The Balaban J connectivity index is 1.46. The first-order valence-corrected chi connectivity index (χ1v) is 12.0. The van der Waals surface area contributed by atoms with Gasteiger partial charge in [0, 0.05) is 51.8 Å². The average Bonchev–Trinajstić information content (AvgIpc) is 3.20. The smallest absolute Gasteiger partial charge is 0.191 e. The van der Waals surface area contributed by atoms with Crippen LogP contribution in [0.1, 0.15) is 17.5 Å². The summed E-state index contributed by atoms with van der Waals surface area (Å²) >= 11 is 0. The number of sulfone groups is 1. The minimum atomic E-state index is -2.83. The third-order valence-corrected chi connectivity index (χ3v) is 6.84. The van der Waals surface area contributed by atoms with Gasteiger partial charge in [0.1, 0.15) is 11.9 Å². The number of rotatable bonds is 7. The van der Waals surface area contributed by atoms with Crippen LogP contribution in [0.15, 0.2) is 23.2 Å². The van der Waals surface area contributed by atoms with Crippen molar-refractivity contribution in [2.24, 2.45) is 4.99 Å². The molecular weight excluding hydrogens is 392 g/mol. The molecular formula is C20H32N4O4S. The fraction of sp³-hybridized carbons (Fsp3) is 0.650. The minimum absolute atomic E-state index is 0.112. The van der Waals surface area contributed by atoms with E-state index in [1.165, 1.54) is 0 Å². The van der Waals surface area contributed by atoms with E-state index >= 15 is 0 Å². The average molecular weight is 425 g/mol. The van der Waals surface area contributed by atoms with Crippen LogP contribution in [-0.4, -0.2) is 83.3 Å². The Kier molecular flexibility index (Phi) is 7.74. The number of guanidine groups is 1. The fourth-order valence-corrected chi connectivity index (χ4v) is 4.69. The Hall–Kier alpha value is -1.84. The van der Waals surface area contributed by atoms with E-state index in [2.05, 4.69) is 45.6 Å². The van der Waals surface area contributed by atoms with Crippen molar-refractivity contribution in [3.8, 4) is 5.75 Å². The van der Waals surface area contributed by atoms with Crippen LogP contribution < -0.4 is 15.4 Å². The molecule has 0 saturated carbocycles. The molecule has 1 unspecified atom stereocenters. The highest BCUT2D eigenvalue weighted by Crippen LogP contribution is 2.23. The standard InChI is InChI=1S/C20H32N4O4S/c1-16-3-4-17(19(13-16)28-18-5-10-27-15-18)14-23-20(21-2)22-6-7-24-8-11-29(25,26)12-9-24/h3-4,13,18H,5-12,14-15H2,1-2H3,(H2,21,22,23). The maximum absolute atomic E-state index is 11.5. The molecule has 1 aromatic carbocycles. The van der Waals surface area contributed by atoms with E-state index in [1.54, 1.807) is 7.05 Å². The van der Waals surface area contributed by atoms with Gasteiger partial charge < -0.3 is 20.1 Å². The summed E-state index contributed by atoms with van der Waals surface area (Å²) < 4.78 is 34.6. The Morgan fingerprint density at radius 2 is 2.10 bits per heavy atom. The molecule has 1 aromatic rings. The number of aryl methyl sites for hydroxylation is 1. The van der Waals surface area contributed by atoms with Crippen molar-refractivity contribution < 1.29 is 17.9 Å². The van der Waals surface area contributed by atoms with E-state index < -0.39 is 9.84 Å². The van der Waals surface area contributed by atoms with Crippen LogP contribution in [0.4, 0.5) is 0 Å². The highest BCUT2D eigenvalue weighted by molar-refractivity contribution is 7.91. The molecule has 0 radical (unpaired) electrons. The maximum atomic E-state index is 11.5. The zero-order valence-electron chi connectivity index (χ0n) is 17.3. The lowest BCUT2D eigenvalue weighted by Gasteiger charge is -2.26. The number of nitrogens with zero attached hydrogens (tertiary/aromatic N) is 2. The zero-order chi connectivity index (χ0) is 20.7. The zero-order valence-corrected chi connectivity index (χ0v) is 18.1. The SMILES string of the molecule is CN=C(NCCN1CCS(=O)(=O)CC1)NCc1ccc(C)cc1OC1CCOC1. The molecule has 29 heavy (non-hydrogen) atoms. The molecule has 9 heteroatoms. The van der Waals surface area contributed by atoms with Gasteiger partial charge in [-0.2, -0.15) is 0 Å². The first kappa shape index (κ1) is 21.9. The maximum Gasteiger partial charge on any atom is 0.191 e. The van der Waals surface area contributed by atoms with Crippen molar-refractivity contribution in [2.75, 3.05) is 57.9 Å². The number of aliphatic imine (C=N–C) groups is 1. The molecule has 2 N–H and O–H groups in total. The molecule has 2 heterocycles. The molecule has 0 amide bonds. The van der Waals surface area contributed by atoms with Crippen molar-refractivity contribution in [1.82, 2.24) is 15.5 Å². The second kappa shape index (κ2) is 10.3. The van der Waals surface area contributed by atoms with Gasteiger partial charge in [0.05, 0.1) is 24.7 Å². The Bertz CT molecular complexity index is 793. The van der Waals surface area contributed by atoms with Crippen LogP contribution in [0.25, 0.3) is 0 Å². The summed E-state index contributed by atoms with van der Waals surface area (Å²) in [5.41, 5.74) is 2.24. The normalized spacial score (nSPS) is 22.4. The molecule has 0 aliphatic carbocycles. The van der Waals surface area contributed by atoms with E-state index in [0.717, 1.165) is 36.4 Å². The molecule has 2 aliphatic rings. The van der Waals surface area contributed by atoms with Gasteiger partial charge >= 0.3 is 0 Å². The summed E-state index contributed by atoms with van der Waals surface area (Å²) in [6, 6.07) is 6.22. The minimum Gasteiger partial charge on any atom is -0.488 e.